The van der Waals surface area contributed by atoms with E-state index in [1.807, 2.05) is 37.3 Å². The van der Waals surface area contributed by atoms with Crippen LogP contribution in [0.1, 0.15) is 24.0 Å². The molecule has 0 aliphatic carbocycles. The van der Waals surface area contributed by atoms with Crippen molar-refractivity contribution in [3.63, 3.8) is 0 Å². The average molecular weight is 333 g/mol. The first-order valence-corrected chi connectivity index (χ1v) is 7.64. The number of aryl methyl sites for hydroxylation is 1. The molecule has 0 bridgehead atoms. The first-order valence-electron chi connectivity index (χ1n) is 7.11. The van der Waals surface area contributed by atoms with E-state index >= 15 is 0 Å². The molecule has 0 amide bonds. The van der Waals surface area contributed by atoms with Crippen molar-refractivity contribution < 1.29 is 14.3 Å². The normalized spacial score (nSPS) is 17.6. The van der Waals surface area contributed by atoms with Gasteiger partial charge in [-0.3, -0.25) is 0 Å². The number of rotatable bonds is 4. The summed E-state index contributed by atoms with van der Waals surface area (Å²) in [5, 5.41) is 9.45. The third-order valence-corrected chi connectivity index (χ3v) is 3.99. The van der Waals surface area contributed by atoms with Crippen molar-refractivity contribution in [3.8, 4) is 6.07 Å². The van der Waals surface area contributed by atoms with E-state index in [9.17, 15) is 10.1 Å². The van der Waals surface area contributed by atoms with Gasteiger partial charge < -0.3 is 15.2 Å². The monoisotopic (exact) mass is 332 g/mol. The van der Waals surface area contributed by atoms with E-state index in [4.69, 9.17) is 26.8 Å². The van der Waals surface area contributed by atoms with Gasteiger partial charge >= 0.3 is 5.97 Å². The highest BCUT2D eigenvalue weighted by atomic mass is 35.5. The minimum absolute atomic E-state index is 0.0413. The molecule has 0 spiro atoms. The molecule has 2 N–H and O–H groups in total. The van der Waals surface area contributed by atoms with Crippen molar-refractivity contribution in [1.82, 2.24) is 0 Å². The zero-order chi connectivity index (χ0) is 17.0. The van der Waals surface area contributed by atoms with Gasteiger partial charge in [-0.2, -0.15) is 5.26 Å². The smallest absolute Gasteiger partial charge is 0.338 e. The van der Waals surface area contributed by atoms with Crippen LogP contribution in [0.25, 0.3) is 0 Å². The Morgan fingerprint density at radius 3 is 2.57 bits per heavy atom. The number of carbonyl (C=O) groups excluding carboxylic acids is 1. The van der Waals surface area contributed by atoms with Gasteiger partial charge in [0.2, 0.25) is 5.88 Å². The largest absolute Gasteiger partial charge is 0.466 e. The molecule has 120 valence electrons. The molecule has 1 aromatic rings. The zero-order valence-electron chi connectivity index (χ0n) is 12.9. The lowest BCUT2D eigenvalue weighted by atomic mass is 9.83. The second-order valence-corrected chi connectivity index (χ2v) is 5.25. The molecule has 1 aromatic carbocycles. The van der Waals surface area contributed by atoms with E-state index in [0.29, 0.717) is 0 Å². The van der Waals surface area contributed by atoms with E-state index in [1.54, 1.807) is 0 Å². The third-order valence-electron chi connectivity index (χ3n) is 3.74. The number of nitrogens with zero attached hydrogens (tertiary/aromatic N) is 1. The molecule has 23 heavy (non-hydrogen) atoms. The molecule has 0 saturated carbocycles. The fraction of sp³-hybridized carbons (Fsp3) is 0.294. The molecular weight excluding hydrogens is 316 g/mol. The molecule has 2 rings (SSSR count). The zero-order valence-corrected chi connectivity index (χ0v) is 13.7. The summed E-state index contributed by atoms with van der Waals surface area (Å²) in [5.41, 5.74) is 8.12. The Bertz CT molecular complexity index is 714. The van der Waals surface area contributed by atoms with E-state index in [-0.39, 0.29) is 28.7 Å². The van der Waals surface area contributed by atoms with Crippen molar-refractivity contribution in [1.29, 1.82) is 5.26 Å². The minimum atomic E-state index is -0.652. The highest BCUT2D eigenvalue weighted by molar-refractivity contribution is 6.19. The van der Waals surface area contributed by atoms with Crippen LogP contribution in [0, 0.1) is 11.3 Å². The molecule has 0 fully saturated rings. The average Bonchev–Trinajstić information content (AvgIpc) is 2.60. The van der Waals surface area contributed by atoms with E-state index in [1.165, 1.54) is 7.11 Å². The van der Waals surface area contributed by atoms with Crippen LogP contribution in [0.4, 0.5) is 0 Å². The molecule has 1 aliphatic rings. The molecule has 1 heterocycles. The molecule has 0 radical (unpaired) electrons. The van der Waals surface area contributed by atoms with Gasteiger partial charge in [0.15, 0.2) is 0 Å². The predicted octanol–water partition coefficient (Wildman–Crippen LogP) is 2.72. The van der Waals surface area contributed by atoms with Gasteiger partial charge in [-0.15, -0.1) is 11.6 Å². The number of benzene rings is 1. The summed E-state index contributed by atoms with van der Waals surface area (Å²) in [6.45, 7) is 2.05. The third kappa shape index (κ3) is 3.17. The van der Waals surface area contributed by atoms with Crippen LogP contribution in [0.5, 0.6) is 0 Å². The predicted molar refractivity (Wildman–Crippen MR) is 86.2 cm³/mol. The summed E-state index contributed by atoms with van der Waals surface area (Å²) in [6.07, 6.45) is 0.893. The van der Waals surface area contributed by atoms with Crippen LogP contribution in [-0.4, -0.2) is 19.0 Å². The fourth-order valence-electron chi connectivity index (χ4n) is 2.53. The van der Waals surface area contributed by atoms with Crippen LogP contribution in [0.3, 0.4) is 0 Å². The van der Waals surface area contributed by atoms with Gasteiger partial charge in [0.05, 0.1) is 24.5 Å². The Balaban J connectivity index is 2.63. The molecule has 1 aliphatic heterocycles. The Kier molecular flexibility index (Phi) is 5.30. The SMILES string of the molecule is CCc1ccc(C2C(C#N)=C(N)OC(CCl)=C2C(=O)OC)cc1. The van der Waals surface area contributed by atoms with Crippen molar-refractivity contribution in [2.75, 3.05) is 13.0 Å². The number of hydrogen-bond donors (Lipinski definition) is 1. The van der Waals surface area contributed by atoms with E-state index in [0.717, 1.165) is 17.5 Å². The van der Waals surface area contributed by atoms with Gasteiger partial charge in [0, 0.05) is 0 Å². The van der Waals surface area contributed by atoms with Crippen LogP contribution in [0.15, 0.2) is 47.1 Å². The van der Waals surface area contributed by atoms with Gasteiger partial charge in [0.25, 0.3) is 0 Å². The molecule has 1 atom stereocenters. The second-order valence-electron chi connectivity index (χ2n) is 4.98. The topological polar surface area (TPSA) is 85.3 Å². The van der Waals surface area contributed by atoms with Crippen molar-refractivity contribution in [2.45, 2.75) is 19.3 Å². The Morgan fingerprint density at radius 2 is 2.09 bits per heavy atom. The maximum absolute atomic E-state index is 12.2. The maximum Gasteiger partial charge on any atom is 0.338 e. The Labute approximate surface area is 139 Å². The van der Waals surface area contributed by atoms with Crippen molar-refractivity contribution >= 4 is 17.6 Å². The summed E-state index contributed by atoms with van der Waals surface area (Å²) in [6, 6.07) is 9.67. The minimum Gasteiger partial charge on any atom is -0.466 e. The lowest BCUT2D eigenvalue weighted by molar-refractivity contribution is -0.136. The molecule has 0 saturated heterocycles. The molecule has 6 heteroatoms. The van der Waals surface area contributed by atoms with Crippen LogP contribution in [-0.2, 0) is 20.7 Å². The number of hydrogen-bond acceptors (Lipinski definition) is 5. The van der Waals surface area contributed by atoms with Crippen molar-refractivity contribution in [2.24, 2.45) is 5.73 Å². The number of allylic oxidation sites excluding steroid dienone is 2. The number of nitriles is 1. The first kappa shape index (κ1) is 16.9. The maximum atomic E-state index is 12.2. The molecule has 5 nitrogen and oxygen atoms in total. The summed E-state index contributed by atoms with van der Waals surface area (Å²) in [7, 11) is 1.27. The fourth-order valence-corrected chi connectivity index (χ4v) is 2.73. The van der Waals surface area contributed by atoms with E-state index in [2.05, 4.69) is 0 Å². The van der Waals surface area contributed by atoms with Gasteiger partial charge in [-0.1, -0.05) is 31.2 Å². The number of alkyl halides is 1. The number of ether oxygens (including phenoxy) is 2. The number of methoxy groups -OCH3 is 1. The lowest BCUT2D eigenvalue weighted by Gasteiger charge is -2.27. The molecule has 1 unspecified atom stereocenters. The lowest BCUT2D eigenvalue weighted by Crippen LogP contribution is -2.26. The highest BCUT2D eigenvalue weighted by Crippen LogP contribution is 2.39. The quantitative estimate of drug-likeness (QED) is 0.676. The standard InChI is InChI=1S/C17H17ClN2O3/c1-3-10-4-6-11(7-5-10)14-12(9-19)16(20)23-13(8-18)15(14)17(21)22-2/h4-7,14H,3,8,20H2,1-2H3. The summed E-state index contributed by atoms with van der Waals surface area (Å²) in [4.78, 5) is 12.2. The molecular formula is C17H17ClN2O3. The molecule has 0 aromatic heterocycles. The number of esters is 1. The van der Waals surface area contributed by atoms with Crippen molar-refractivity contribution in [3.05, 3.63) is 58.2 Å². The van der Waals surface area contributed by atoms with Crippen LogP contribution >= 0.6 is 11.6 Å². The van der Waals surface area contributed by atoms with Gasteiger partial charge in [-0.05, 0) is 17.5 Å². The van der Waals surface area contributed by atoms with Gasteiger partial charge in [-0.25, -0.2) is 4.79 Å². The summed E-state index contributed by atoms with van der Waals surface area (Å²) < 4.78 is 10.2. The highest BCUT2D eigenvalue weighted by Gasteiger charge is 2.37. The number of nitrogens with two attached hydrogens (primary N) is 1. The number of carbonyl (C=O) groups is 1. The summed E-state index contributed by atoms with van der Waals surface area (Å²) >= 11 is 5.88. The summed E-state index contributed by atoms with van der Waals surface area (Å²) in [5.74, 6) is -1.13. The second kappa shape index (κ2) is 7.21. The Hall–Kier alpha value is -2.45. The van der Waals surface area contributed by atoms with Crippen LogP contribution in [0.2, 0.25) is 0 Å². The Morgan fingerprint density at radius 1 is 1.43 bits per heavy atom. The van der Waals surface area contributed by atoms with Gasteiger partial charge in [0.1, 0.15) is 17.4 Å². The number of halogens is 1. The van der Waals surface area contributed by atoms with E-state index < -0.39 is 11.9 Å². The first-order chi connectivity index (χ1) is 11.1. The van der Waals surface area contributed by atoms with Crippen LogP contribution < -0.4 is 5.73 Å².